The van der Waals surface area contributed by atoms with Gasteiger partial charge in [0.1, 0.15) is 5.78 Å². The molecule has 0 spiro atoms. The molecule has 3 aliphatic rings. The molecule has 1 nitrogen and oxygen atoms in total. The van der Waals surface area contributed by atoms with Crippen molar-refractivity contribution >= 4 is 21.7 Å². The third-order valence-electron chi connectivity index (χ3n) is 6.53. The van der Waals surface area contributed by atoms with Gasteiger partial charge in [0.05, 0.1) is 0 Å². The molecule has 0 amide bonds. The first-order chi connectivity index (χ1) is 10.3. The Morgan fingerprint density at radius 3 is 2.45 bits per heavy atom. The van der Waals surface area contributed by atoms with Gasteiger partial charge >= 0.3 is 0 Å². The molecular weight excluding hydrogens is 336 g/mol. The zero-order valence-corrected chi connectivity index (χ0v) is 15.1. The van der Waals surface area contributed by atoms with Crippen LogP contribution in [0.15, 0.2) is 40.4 Å². The first-order valence-corrected chi connectivity index (χ1v) is 9.16. The Labute approximate surface area is 141 Å². The van der Waals surface area contributed by atoms with E-state index in [1.54, 1.807) is 5.57 Å². The molecule has 0 N–H and O–H groups in total. The second-order valence-electron chi connectivity index (χ2n) is 8.22. The van der Waals surface area contributed by atoms with Crippen LogP contribution in [-0.2, 0) is 4.79 Å². The highest BCUT2D eigenvalue weighted by Gasteiger charge is 2.64. The van der Waals surface area contributed by atoms with Crippen LogP contribution >= 0.6 is 15.9 Å². The van der Waals surface area contributed by atoms with E-state index in [0.29, 0.717) is 11.7 Å². The Balaban J connectivity index is 1.74. The molecule has 3 aliphatic carbocycles. The summed E-state index contributed by atoms with van der Waals surface area (Å²) in [4.78, 5) is 12.8. The molecule has 0 heterocycles. The minimum absolute atomic E-state index is 0.103. The smallest absolute Gasteiger partial charge is 0.147 e. The molecule has 0 radical (unpaired) electrons. The fraction of sp³-hybridized carbons (Fsp3) is 0.550. The first kappa shape index (κ1) is 14.7. The Kier molecular flexibility index (Phi) is 3.05. The number of fused-ring (bicyclic) bond motifs is 3. The van der Waals surface area contributed by atoms with Gasteiger partial charge in [-0.2, -0.15) is 0 Å². The fourth-order valence-electron chi connectivity index (χ4n) is 5.52. The van der Waals surface area contributed by atoms with Gasteiger partial charge in [-0.05, 0) is 47.3 Å². The van der Waals surface area contributed by atoms with Crippen molar-refractivity contribution in [1.29, 1.82) is 0 Å². The number of allylic oxidation sites excluding steroid dienone is 2. The molecule has 1 aromatic carbocycles. The summed E-state index contributed by atoms with van der Waals surface area (Å²) in [6, 6.07) is 8.37. The quantitative estimate of drug-likeness (QED) is 0.605. The number of benzene rings is 1. The monoisotopic (exact) mass is 358 g/mol. The van der Waals surface area contributed by atoms with Crippen LogP contribution in [0, 0.1) is 22.7 Å². The minimum atomic E-state index is 0.103. The van der Waals surface area contributed by atoms with E-state index in [1.807, 2.05) is 0 Å². The molecule has 116 valence electrons. The van der Waals surface area contributed by atoms with Gasteiger partial charge in [-0.25, -0.2) is 0 Å². The van der Waals surface area contributed by atoms with Crippen LogP contribution in [0.25, 0.3) is 0 Å². The topological polar surface area (TPSA) is 17.1 Å². The van der Waals surface area contributed by atoms with E-state index in [-0.39, 0.29) is 22.7 Å². The third-order valence-corrected chi connectivity index (χ3v) is 7.06. The summed E-state index contributed by atoms with van der Waals surface area (Å²) in [5.74, 6) is 1.19. The number of ketones is 1. The van der Waals surface area contributed by atoms with Gasteiger partial charge in [0.25, 0.3) is 0 Å². The van der Waals surface area contributed by atoms with E-state index in [9.17, 15) is 4.79 Å². The van der Waals surface area contributed by atoms with Crippen LogP contribution in [0.4, 0.5) is 0 Å². The molecule has 4 rings (SSSR count). The van der Waals surface area contributed by atoms with Crippen molar-refractivity contribution in [2.45, 2.75) is 46.0 Å². The van der Waals surface area contributed by atoms with E-state index in [1.165, 1.54) is 24.8 Å². The maximum atomic E-state index is 12.8. The predicted octanol–water partition coefficient (Wildman–Crippen LogP) is 5.50. The number of hydrogen-bond donors (Lipinski definition) is 0. The van der Waals surface area contributed by atoms with E-state index in [4.69, 9.17) is 0 Å². The lowest BCUT2D eigenvalue weighted by Gasteiger charge is -2.52. The number of carbonyl (C=O) groups is 1. The molecule has 1 aromatic rings. The van der Waals surface area contributed by atoms with Crippen LogP contribution in [0.5, 0.6) is 0 Å². The molecule has 2 fully saturated rings. The van der Waals surface area contributed by atoms with Crippen LogP contribution in [-0.4, -0.2) is 5.78 Å². The number of rotatable bonds is 1. The molecule has 0 bridgehead atoms. The van der Waals surface area contributed by atoms with Crippen molar-refractivity contribution in [3.8, 4) is 0 Å². The Bertz CT molecular complexity index is 669. The summed E-state index contributed by atoms with van der Waals surface area (Å²) >= 11 is 3.49. The van der Waals surface area contributed by atoms with E-state index < -0.39 is 0 Å². The second-order valence-corrected chi connectivity index (χ2v) is 9.13. The van der Waals surface area contributed by atoms with Crippen LogP contribution < -0.4 is 0 Å². The fourth-order valence-corrected chi connectivity index (χ4v) is 5.79. The highest BCUT2D eigenvalue weighted by atomic mass is 79.9. The highest BCUT2D eigenvalue weighted by Crippen LogP contribution is 2.68. The van der Waals surface area contributed by atoms with Crippen LogP contribution in [0.1, 0.15) is 51.5 Å². The minimum Gasteiger partial charge on any atom is -0.298 e. The molecule has 0 saturated heterocycles. The van der Waals surface area contributed by atoms with Gasteiger partial charge in [0, 0.05) is 16.3 Å². The molecular formula is C20H23BrO. The van der Waals surface area contributed by atoms with Gasteiger partial charge in [0.15, 0.2) is 0 Å². The number of hydrogen-bond acceptors (Lipinski definition) is 1. The maximum absolute atomic E-state index is 12.8. The van der Waals surface area contributed by atoms with Crippen molar-refractivity contribution in [3.05, 3.63) is 46.0 Å². The van der Waals surface area contributed by atoms with Crippen LogP contribution in [0.2, 0.25) is 0 Å². The summed E-state index contributed by atoms with van der Waals surface area (Å²) in [6.45, 7) is 7.14. The normalized spacial score (nSPS) is 38.8. The summed E-state index contributed by atoms with van der Waals surface area (Å²) in [6.07, 6.45) is 6.13. The zero-order valence-electron chi connectivity index (χ0n) is 13.5. The lowest BCUT2D eigenvalue weighted by molar-refractivity contribution is -0.138. The van der Waals surface area contributed by atoms with Crippen molar-refractivity contribution in [2.75, 3.05) is 0 Å². The number of halogens is 1. The molecule has 4 atom stereocenters. The van der Waals surface area contributed by atoms with Gasteiger partial charge in [-0.15, -0.1) is 0 Å². The zero-order chi connectivity index (χ0) is 15.7. The summed E-state index contributed by atoms with van der Waals surface area (Å²) in [5, 5.41) is 0. The average molecular weight is 359 g/mol. The predicted molar refractivity (Wildman–Crippen MR) is 92.7 cm³/mol. The standard InChI is InChI=1S/C20H23BrO/c1-19(2)9-4-10-20(3)15(19)11-14-17(20)16(18(14)22)12-5-7-13(21)8-6-12/h5-8,11,14,16-17H,4,9-10H2,1-3H3/t14-,16-,17+,20+/m1/s1. The molecule has 2 heteroatoms. The first-order valence-electron chi connectivity index (χ1n) is 8.36. The molecule has 0 unspecified atom stereocenters. The second kappa shape index (κ2) is 4.56. The van der Waals surface area contributed by atoms with Crippen molar-refractivity contribution < 1.29 is 4.79 Å². The Morgan fingerprint density at radius 2 is 1.77 bits per heavy atom. The van der Waals surface area contributed by atoms with Gasteiger partial charge < -0.3 is 0 Å². The highest BCUT2D eigenvalue weighted by molar-refractivity contribution is 9.10. The summed E-state index contributed by atoms with van der Waals surface area (Å²) < 4.78 is 1.08. The van der Waals surface area contributed by atoms with Gasteiger partial charge in [-0.1, -0.05) is 66.9 Å². The van der Waals surface area contributed by atoms with E-state index in [0.717, 1.165) is 4.47 Å². The lowest BCUT2D eigenvalue weighted by atomic mass is 9.50. The molecule has 22 heavy (non-hydrogen) atoms. The summed E-state index contributed by atoms with van der Waals surface area (Å²) in [7, 11) is 0. The lowest BCUT2D eigenvalue weighted by Crippen LogP contribution is -2.50. The van der Waals surface area contributed by atoms with Gasteiger partial charge in [-0.3, -0.25) is 4.79 Å². The van der Waals surface area contributed by atoms with Crippen LogP contribution in [0.3, 0.4) is 0 Å². The SMILES string of the molecule is CC1(C)CCC[C@@]2(C)C1=C[C@H]1C(=O)[C@H](c3ccc(Br)cc3)[C@H]12. The molecule has 0 aromatic heterocycles. The third kappa shape index (κ3) is 1.79. The largest absolute Gasteiger partial charge is 0.298 e. The Hall–Kier alpha value is -0.890. The van der Waals surface area contributed by atoms with E-state index in [2.05, 4.69) is 67.0 Å². The van der Waals surface area contributed by atoms with Crippen molar-refractivity contribution in [2.24, 2.45) is 22.7 Å². The summed E-state index contributed by atoms with van der Waals surface area (Å²) in [5.41, 5.74) is 3.25. The van der Waals surface area contributed by atoms with E-state index >= 15 is 0 Å². The van der Waals surface area contributed by atoms with Crippen molar-refractivity contribution in [1.82, 2.24) is 0 Å². The molecule has 2 saturated carbocycles. The van der Waals surface area contributed by atoms with Gasteiger partial charge in [0.2, 0.25) is 0 Å². The number of Topliss-reactive ketones (excluding diaryl/α,β-unsaturated/α-hetero) is 1. The molecule has 0 aliphatic heterocycles. The average Bonchev–Trinajstić information content (AvgIpc) is 2.72. The Morgan fingerprint density at radius 1 is 1.09 bits per heavy atom. The maximum Gasteiger partial charge on any atom is 0.147 e. The van der Waals surface area contributed by atoms with Crippen molar-refractivity contribution in [3.63, 3.8) is 0 Å². The number of carbonyl (C=O) groups excluding carboxylic acids is 1.